The molecule has 3 rings (SSSR count). The first-order valence-electron chi connectivity index (χ1n) is 8.20. The van der Waals surface area contributed by atoms with Crippen molar-refractivity contribution < 1.29 is 14.4 Å². The molecule has 2 aromatic rings. The molecule has 9 nitrogen and oxygen atoms in total. The van der Waals surface area contributed by atoms with Gasteiger partial charge in [0.25, 0.3) is 0 Å². The highest BCUT2D eigenvalue weighted by molar-refractivity contribution is 5.93. The van der Waals surface area contributed by atoms with Gasteiger partial charge in [-0.3, -0.25) is 4.79 Å². The number of aliphatic hydroxyl groups excluding tert-OH is 1. The maximum absolute atomic E-state index is 12.1. The van der Waals surface area contributed by atoms with Crippen LogP contribution in [0.15, 0.2) is 23.0 Å². The fraction of sp³-hybridized carbons (Fsp3) is 0.500. The highest BCUT2D eigenvalue weighted by atomic mass is 16.5. The van der Waals surface area contributed by atoms with Crippen LogP contribution < -0.4 is 15.1 Å². The maximum atomic E-state index is 12.1. The normalized spacial score (nSPS) is 16.9. The number of aryl methyl sites for hydroxylation is 1. The van der Waals surface area contributed by atoms with E-state index in [1.54, 1.807) is 24.9 Å². The first-order valence-corrected chi connectivity index (χ1v) is 8.20. The van der Waals surface area contributed by atoms with Crippen molar-refractivity contribution in [2.24, 2.45) is 0 Å². The molecule has 0 aromatic carbocycles. The summed E-state index contributed by atoms with van der Waals surface area (Å²) in [5.41, 5.74) is 0. The molecule has 0 bridgehead atoms. The Hall–Kier alpha value is -2.68. The smallest absolute Gasteiger partial charge is 0.245 e. The second kappa shape index (κ2) is 7.47. The number of aliphatic hydroxyl groups is 1. The first-order chi connectivity index (χ1) is 12.1. The zero-order valence-corrected chi connectivity index (χ0v) is 14.3. The number of hydrogen-bond donors (Lipinski definition) is 2. The van der Waals surface area contributed by atoms with Gasteiger partial charge in [-0.15, -0.1) is 0 Å². The van der Waals surface area contributed by atoms with E-state index in [9.17, 15) is 9.90 Å². The standard InChI is InChI=1S/C16H22N6O3/c1-11-6-13(20-25-11)19-16(24)8-21(2)14-7-15(18-10-17-14)22-5-3-4-12(22)9-23/h6-7,10,12,23H,3-5,8-9H2,1-2H3,(H,19,20,24)/t12-/m0/s1. The molecule has 0 spiro atoms. The number of amides is 1. The van der Waals surface area contributed by atoms with Crippen molar-refractivity contribution in [2.45, 2.75) is 25.8 Å². The summed E-state index contributed by atoms with van der Waals surface area (Å²) in [7, 11) is 1.78. The second-order valence-corrected chi connectivity index (χ2v) is 6.13. The Morgan fingerprint density at radius 2 is 2.32 bits per heavy atom. The van der Waals surface area contributed by atoms with Gasteiger partial charge in [0.1, 0.15) is 23.7 Å². The van der Waals surface area contributed by atoms with E-state index >= 15 is 0 Å². The summed E-state index contributed by atoms with van der Waals surface area (Å²) in [5, 5.41) is 15.9. The van der Waals surface area contributed by atoms with E-state index in [1.807, 2.05) is 6.07 Å². The fourth-order valence-electron chi connectivity index (χ4n) is 2.93. The largest absolute Gasteiger partial charge is 0.394 e. The van der Waals surface area contributed by atoms with Gasteiger partial charge < -0.3 is 24.7 Å². The second-order valence-electron chi connectivity index (χ2n) is 6.13. The lowest BCUT2D eigenvalue weighted by atomic mass is 10.2. The Bertz CT molecular complexity index is 734. The third kappa shape index (κ3) is 4.05. The molecule has 1 atom stereocenters. The van der Waals surface area contributed by atoms with E-state index < -0.39 is 0 Å². The van der Waals surface area contributed by atoms with Crippen molar-refractivity contribution >= 4 is 23.4 Å². The number of likely N-dealkylation sites (N-methyl/N-ethyl adjacent to an activating group) is 1. The molecule has 2 aromatic heterocycles. The Morgan fingerprint density at radius 1 is 1.48 bits per heavy atom. The van der Waals surface area contributed by atoms with E-state index in [0.717, 1.165) is 25.2 Å². The highest BCUT2D eigenvalue weighted by Gasteiger charge is 2.25. The number of nitrogens with zero attached hydrogens (tertiary/aromatic N) is 5. The molecule has 134 valence electrons. The highest BCUT2D eigenvalue weighted by Crippen LogP contribution is 2.25. The monoisotopic (exact) mass is 346 g/mol. The molecule has 0 radical (unpaired) electrons. The van der Waals surface area contributed by atoms with Crippen LogP contribution in [0, 0.1) is 6.92 Å². The molecule has 1 fully saturated rings. The summed E-state index contributed by atoms with van der Waals surface area (Å²) in [6.45, 7) is 2.84. The molecule has 0 aliphatic carbocycles. The van der Waals surface area contributed by atoms with Gasteiger partial charge >= 0.3 is 0 Å². The molecular formula is C16H22N6O3. The van der Waals surface area contributed by atoms with Gasteiger partial charge in [-0.25, -0.2) is 9.97 Å². The minimum absolute atomic E-state index is 0.0896. The van der Waals surface area contributed by atoms with E-state index in [2.05, 4.69) is 25.3 Å². The number of rotatable bonds is 6. The molecule has 1 aliphatic heterocycles. The lowest BCUT2D eigenvalue weighted by Crippen LogP contribution is -2.34. The number of nitrogens with one attached hydrogen (secondary N) is 1. The predicted molar refractivity (Wildman–Crippen MR) is 92.6 cm³/mol. The van der Waals surface area contributed by atoms with Crippen LogP contribution in [-0.2, 0) is 4.79 Å². The first kappa shape index (κ1) is 17.2. The van der Waals surface area contributed by atoms with Crippen molar-refractivity contribution in [3.63, 3.8) is 0 Å². The van der Waals surface area contributed by atoms with E-state index in [1.165, 1.54) is 6.33 Å². The zero-order valence-electron chi connectivity index (χ0n) is 14.3. The van der Waals surface area contributed by atoms with Gasteiger partial charge in [-0.05, 0) is 19.8 Å². The molecule has 0 saturated carbocycles. The third-order valence-electron chi connectivity index (χ3n) is 4.19. The Balaban J connectivity index is 1.64. The summed E-state index contributed by atoms with van der Waals surface area (Å²) in [5.74, 6) is 2.21. The van der Waals surface area contributed by atoms with Gasteiger partial charge in [0, 0.05) is 25.7 Å². The van der Waals surface area contributed by atoms with Crippen molar-refractivity contribution in [2.75, 3.05) is 41.9 Å². The Kier molecular flexibility index (Phi) is 5.13. The quantitative estimate of drug-likeness (QED) is 0.791. The summed E-state index contributed by atoms with van der Waals surface area (Å²) in [6, 6.07) is 3.58. The van der Waals surface area contributed by atoms with Gasteiger partial charge in [0.05, 0.1) is 19.2 Å². The van der Waals surface area contributed by atoms with Crippen LogP contribution in [0.1, 0.15) is 18.6 Å². The van der Waals surface area contributed by atoms with E-state index in [-0.39, 0.29) is 25.1 Å². The van der Waals surface area contributed by atoms with Gasteiger partial charge in [-0.1, -0.05) is 5.16 Å². The molecule has 0 unspecified atom stereocenters. The fourth-order valence-corrected chi connectivity index (χ4v) is 2.93. The van der Waals surface area contributed by atoms with Crippen molar-refractivity contribution in [1.82, 2.24) is 15.1 Å². The predicted octanol–water partition coefficient (Wildman–Crippen LogP) is 0.809. The van der Waals surface area contributed by atoms with Crippen LogP contribution in [0.5, 0.6) is 0 Å². The topological polar surface area (TPSA) is 108 Å². The van der Waals surface area contributed by atoms with Crippen LogP contribution in [0.25, 0.3) is 0 Å². The molecule has 9 heteroatoms. The molecular weight excluding hydrogens is 324 g/mol. The molecule has 1 amide bonds. The SMILES string of the molecule is Cc1cc(NC(=O)CN(C)c2cc(N3CCC[C@H]3CO)ncn2)no1. The maximum Gasteiger partial charge on any atom is 0.245 e. The van der Waals surface area contributed by atoms with Crippen LogP contribution in [0.4, 0.5) is 17.5 Å². The number of anilines is 3. The van der Waals surface area contributed by atoms with Crippen LogP contribution in [0.3, 0.4) is 0 Å². The summed E-state index contributed by atoms with van der Waals surface area (Å²) >= 11 is 0. The molecule has 1 saturated heterocycles. The van der Waals surface area contributed by atoms with Crippen LogP contribution in [-0.4, -0.2) is 58.9 Å². The lowest BCUT2D eigenvalue weighted by molar-refractivity contribution is -0.115. The van der Waals surface area contributed by atoms with Gasteiger partial charge in [0.2, 0.25) is 5.91 Å². The lowest BCUT2D eigenvalue weighted by Gasteiger charge is -2.25. The zero-order chi connectivity index (χ0) is 17.8. The minimum atomic E-state index is -0.217. The number of carbonyl (C=O) groups is 1. The number of aromatic nitrogens is 3. The molecule has 2 N–H and O–H groups in total. The average molecular weight is 346 g/mol. The van der Waals surface area contributed by atoms with Crippen molar-refractivity contribution in [3.05, 3.63) is 24.2 Å². The van der Waals surface area contributed by atoms with Crippen LogP contribution >= 0.6 is 0 Å². The Morgan fingerprint density at radius 3 is 3.04 bits per heavy atom. The summed E-state index contributed by atoms with van der Waals surface area (Å²) in [6.07, 6.45) is 3.46. The Labute approximate surface area is 145 Å². The van der Waals surface area contributed by atoms with Crippen molar-refractivity contribution in [3.8, 4) is 0 Å². The molecule has 3 heterocycles. The molecule has 1 aliphatic rings. The van der Waals surface area contributed by atoms with Crippen molar-refractivity contribution in [1.29, 1.82) is 0 Å². The van der Waals surface area contributed by atoms with E-state index in [4.69, 9.17) is 4.52 Å². The average Bonchev–Trinajstić information content (AvgIpc) is 3.23. The minimum Gasteiger partial charge on any atom is -0.394 e. The van der Waals surface area contributed by atoms with Gasteiger partial charge in [0.15, 0.2) is 5.82 Å². The molecule has 25 heavy (non-hydrogen) atoms. The van der Waals surface area contributed by atoms with Crippen LogP contribution in [0.2, 0.25) is 0 Å². The summed E-state index contributed by atoms with van der Waals surface area (Å²) < 4.78 is 4.92. The van der Waals surface area contributed by atoms with E-state index in [0.29, 0.717) is 17.4 Å². The summed E-state index contributed by atoms with van der Waals surface area (Å²) in [4.78, 5) is 24.5. The van der Waals surface area contributed by atoms with Gasteiger partial charge in [-0.2, -0.15) is 0 Å². The number of hydrogen-bond acceptors (Lipinski definition) is 8. The number of carbonyl (C=O) groups excluding carboxylic acids is 1. The third-order valence-corrected chi connectivity index (χ3v) is 4.19.